The number of carbonyl (C=O) groups excluding carboxylic acids is 1. The number of aliphatic imine (C=N–C) groups is 1. The normalized spacial score (nSPS) is 10.4. The summed E-state index contributed by atoms with van der Waals surface area (Å²) in [5.74, 6) is 0.241. The number of hydrogen-bond acceptors (Lipinski definition) is 5. The van der Waals surface area contributed by atoms with Crippen molar-refractivity contribution in [3.63, 3.8) is 0 Å². The van der Waals surface area contributed by atoms with Gasteiger partial charge in [-0.1, -0.05) is 12.1 Å². The Balaban J connectivity index is 0.000000913. The van der Waals surface area contributed by atoms with Crippen LogP contribution in [0.4, 0.5) is 10.1 Å². The van der Waals surface area contributed by atoms with Gasteiger partial charge in [-0.3, -0.25) is 4.79 Å². The molecule has 3 N–H and O–H groups in total. The smallest absolute Gasteiger partial charge is 0.238 e. The number of hydrogen-bond donors (Lipinski definition) is 2. The molecule has 2 heterocycles. The predicted octanol–water partition coefficient (Wildman–Crippen LogP) is 4.06. The molecule has 32 heavy (non-hydrogen) atoms. The van der Waals surface area contributed by atoms with Crippen molar-refractivity contribution in [2.45, 2.75) is 13.8 Å². The number of rotatable bonds is 4. The maximum Gasteiger partial charge on any atom is 0.238 e. The van der Waals surface area contributed by atoms with E-state index < -0.39 is 0 Å². The highest BCUT2D eigenvalue weighted by molar-refractivity contribution is 5.96. The Morgan fingerprint density at radius 2 is 1.91 bits per heavy atom. The van der Waals surface area contributed by atoms with Crippen molar-refractivity contribution in [2.75, 3.05) is 18.9 Å². The van der Waals surface area contributed by atoms with Gasteiger partial charge in [-0.15, -0.1) is 0 Å². The number of carbonyl (C=O) groups is 1. The number of nitrogens with one attached hydrogen (secondary N) is 1. The van der Waals surface area contributed by atoms with E-state index in [1.54, 1.807) is 43.4 Å². The van der Waals surface area contributed by atoms with E-state index in [9.17, 15) is 9.18 Å². The molecule has 0 fully saturated rings. The van der Waals surface area contributed by atoms with E-state index in [2.05, 4.69) is 22.0 Å². The quantitative estimate of drug-likeness (QED) is 0.475. The fourth-order valence-corrected chi connectivity index (χ4v) is 3.19. The lowest BCUT2D eigenvalue weighted by Crippen LogP contribution is -2.21. The highest BCUT2D eigenvalue weighted by Gasteiger charge is 2.16. The molecule has 4 rings (SSSR count). The van der Waals surface area contributed by atoms with Gasteiger partial charge in [0.05, 0.1) is 17.6 Å². The molecule has 0 aliphatic heterocycles. The van der Waals surface area contributed by atoms with E-state index in [1.165, 1.54) is 6.07 Å². The van der Waals surface area contributed by atoms with E-state index >= 15 is 0 Å². The fraction of sp³-hybridized carbons (Fsp3) is 0.167. The van der Waals surface area contributed by atoms with Gasteiger partial charge in [0, 0.05) is 30.0 Å². The molecule has 2 aromatic carbocycles. The van der Waals surface area contributed by atoms with Gasteiger partial charge in [0.1, 0.15) is 11.6 Å². The van der Waals surface area contributed by atoms with Crippen LogP contribution < -0.4 is 11.1 Å². The Morgan fingerprint density at radius 3 is 2.53 bits per heavy atom. The average molecular weight is 433 g/mol. The minimum absolute atomic E-state index is 0.108. The molecule has 164 valence electrons. The molecule has 0 spiro atoms. The number of anilines is 1. The Kier molecular flexibility index (Phi) is 7.07. The molecule has 8 heteroatoms. The molecule has 0 atom stereocenters. The van der Waals surface area contributed by atoms with Crippen molar-refractivity contribution in [3.05, 3.63) is 71.8 Å². The number of nitrogens with zero attached hydrogens (tertiary/aromatic N) is 4. The lowest BCUT2D eigenvalue weighted by atomic mass is 10.1. The van der Waals surface area contributed by atoms with Gasteiger partial charge < -0.3 is 20.6 Å². The summed E-state index contributed by atoms with van der Waals surface area (Å²) in [7, 11) is 1.64. The molecule has 0 saturated heterocycles. The van der Waals surface area contributed by atoms with Crippen LogP contribution in [0.15, 0.2) is 59.7 Å². The van der Waals surface area contributed by atoms with Gasteiger partial charge in [-0.2, -0.15) is 0 Å². The Bertz CT molecular complexity index is 1280. The van der Waals surface area contributed by atoms with E-state index in [0.29, 0.717) is 28.4 Å². The lowest BCUT2D eigenvalue weighted by Gasteiger charge is -2.13. The largest absolute Gasteiger partial charge is 0.325 e. The summed E-state index contributed by atoms with van der Waals surface area (Å²) in [5.41, 5.74) is 9.09. The van der Waals surface area contributed by atoms with E-state index in [4.69, 9.17) is 10.7 Å². The first kappa shape index (κ1) is 22.8. The maximum atomic E-state index is 14.4. The van der Waals surface area contributed by atoms with Crippen LogP contribution in [0, 0.1) is 19.7 Å². The van der Waals surface area contributed by atoms with Gasteiger partial charge in [-0.25, -0.2) is 14.4 Å². The summed E-state index contributed by atoms with van der Waals surface area (Å²) in [5, 5.41) is 3.48. The van der Waals surface area contributed by atoms with Gasteiger partial charge >= 0.3 is 0 Å². The summed E-state index contributed by atoms with van der Waals surface area (Å²) in [6, 6.07) is 13.7. The van der Waals surface area contributed by atoms with E-state index in [1.807, 2.05) is 30.7 Å². The first-order valence-electron chi connectivity index (χ1n) is 9.96. The zero-order valence-electron chi connectivity index (χ0n) is 18.3. The topological polar surface area (TPSA) is 98.2 Å². The highest BCUT2D eigenvalue weighted by Crippen LogP contribution is 2.29. The Labute approximate surface area is 185 Å². The molecule has 0 radical (unpaired) electrons. The van der Waals surface area contributed by atoms with Crippen LogP contribution in [0.25, 0.3) is 28.1 Å². The van der Waals surface area contributed by atoms with Crippen LogP contribution in [0.1, 0.15) is 11.3 Å². The Morgan fingerprint density at radius 1 is 1.19 bits per heavy atom. The molecule has 2 aromatic heterocycles. The number of fused-ring (bicyclic) bond motifs is 1. The van der Waals surface area contributed by atoms with Crippen molar-refractivity contribution in [2.24, 2.45) is 10.7 Å². The van der Waals surface area contributed by atoms with Gasteiger partial charge in [-0.05, 0) is 62.5 Å². The van der Waals surface area contributed by atoms with Crippen molar-refractivity contribution in [3.8, 4) is 17.2 Å². The molecule has 0 aliphatic carbocycles. The lowest BCUT2D eigenvalue weighted by molar-refractivity contribution is -0.114. The maximum absolute atomic E-state index is 14.4. The third-order valence-corrected chi connectivity index (χ3v) is 4.89. The first-order chi connectivity index (χ1) is 15.4. The minimum atomic E-state index is -0.384. The second-order valence-corrected chi connectivity index (χ2v) is 7.11. The van der Waals surface area contributed by atoms with Gasteiger partial charge in [0.2, 0.25) is 5.91 Å². The first-order valence-corrected chi connectivity index (χ1v) is 9.96. The van der Waals surface area contributed by atoms with E-state index in [-0.39, 0.29) is 18.3 Å². The van der Waals surface area contributed by atoms with Crippen molar-refractivity contribution < 1.29 is 9.18 Å². The molecule has 7 nitrogen and oxygen atoms in total. The minimum Gasteiger partial charge on any atom is -0.325 e. The fourth-order valence-electron chi connectivity index (χ4n) is 3.19. The van der Waals surface area contributed by atoms with Crippen molar-refractivity contribution in [1.29, 1.82) is 0 Å². The predicted molar refractivity (Wildman–Crippen MR) is 127 cm³/mol. The second-order valence-electron chi connectivity index (χ2n) is 7.11. The summed E-state index contributed by atoms with van der Waals surface area (Å²) in [6.45, 7) is 7.01. The third-order valence-electron chi connectivity index (χ3n) is 4.89. The number of amides is 1. The van der Waals surface area contributed by atoms with Crippen LogP contribution in [0.3, 0.4) is 0 Å². The Hall–Kier alpha value is -3.91. The number of aromatic nitrogens is 3. The van der Waals surface area contributed by atoms with Gasteiger partial charge in [0.25, 0.3) is 0 Å². The molecule has 0 bridgehead atoms. The zero-order valence-corrected chi connectivity index (χ0v) is 18.3. The summed E-state index contributed by atoms with van der Waals surface area (Å²) >= 11 is 0. The van der Waals surface area contributed by atoms with Crippen LogP contribution in [-0.2, 0) is 4.79 Å². The van der Waals surface area contributed by atoms with E-state index in [0.717, 1.165) is 16.6 Å². The van der Waals surface area contributed by atoms with Crippen molar-refractivity contribution >= 4 is 29.2 Å². The molecular formula is C24H25FN6O. The number of aryl methyl sites for hydroxylation is 1. The molecule has 0 saturated carbocycles. The molecular weight excluding hydrogens is 407 g/mol. The molecule has 1 amide bonds. The summed E-state index contributed by atoms with van der Waals surface area (Å²) < 4.78 is 16.3. The standard InChI is InChI=1S/C22H20FN5O.C2H5N/c1-13-9-10-28(14(13)2)22-17-11-15(25-20(29)12-24)7-8-19(17)26-21(27-22)16-5-3-4-6-18(16)23;1-3-2/h3-11H,12,24H2,1-2H3,(H,25,29);1H2,2H3. The SMILES string of the molecule is C=NC.Cc1ccn(-c2nc(-c3ccccc3F)nc3ccc(NC(=O)CN)cc23)c1C. The number of halogens is 1. The van der Waals surface area contributed by atoms with Gasteiger partial charge in [0.15, 0.2) is 5.82 Å². The molecule has 4 aromatic rings. The molecule has 0 aliphatic rings. The third kappa shape index (κ3) is 4.70. The van der Waals surface area contributed by atoms with Crippen LogP contribution in [-0.4, -0.2) is 40.8 Å². The number of nitrogens with two attached hydrogens (primary N) is 1. The monoisotopic (exact) mass is 432 g/mol. The van der Waals surface area contributed by atoms with Crippen LogP contribution >= 0.6 is 0 Å². The number of benzene rings is 2. The summed E-state index contributed by atoms with van der Waals surface area (Å²) in [4.78, 5) is 24.2. The van der Waals surface area contributed by atoms with Crippen LogP contribution in [0.5, 0.6) is 0 Å². The summed E-state index contributed by atoms with van der Waals surface area (Å²) in [6.07, 6.45) is 1.92. The van der Waals surface area contributed by atoms with Crippen LogP contribution in [0.2, 0.25) is 0 Å². The van der Waals surface area contributed by atoms with Crippen molar-refractivity contribution in [1.82, 2.24) is 14.5 Å². The second kappa shape index (κ2) is 9.93. The zero-order chi connectivity index (χ0) is 23.3. The highest BCUT2D eigenvalue weighted by atomic mass is 19.1. The average Bonchev–Trinajstić information content (AvgIpc) is 3.12. The molecule has 0 unspecified atom stereocenters.